The van der Waals surface area contributed by atoms with Crippen LogP contribution >= 0.6 is 11.3 Å². The second kappa shape index (κ2) is 6.90. The van der Waals surface area contributed by atoms with Gasteiger partial charge in [0.2, 0.25) is 0 Å². The molecule has 1 nitrogen and oxygen atoms in total. The van der Waals surface area contributed by atoms with E-state index in [0.717, 1.165) is 16.8 Å². The van der Waals surface area contributed by atoms with Gasteiger partial charge in [0.15, 0.2) is 0 Å². The van der Waals surface area contributed by atoms with Crippen molar-refractivity contribution in [3.63, 3.8) is 0 Å². The minimum atomic E-state index is -0.651. The Morgan fingerprint density at radius 1 is 0.774 bits per heavy atom. The van der Waals surface area contributed by atoms with Crippen LogP contribution in [0.4, 0.5) is 0 Å². The molecule has 2 aromatic heterocycles. The van der Waals surface area contributed by atoms with Crippen LogP contribution in [-0.4, -0.2) is 4.98 Å². The first-order valence-electron chi connectivity index (χ1n) is 11.1. The Kier molecular flexibility index (Phi) is 3.88. The van der Waals surface area contributed by atoms with Crippen LogP contribution in [-0.2, 0) is 0 Å². The van der Waals surface area contributed by atoms with Gasteiger partial charge in [0.1, 0.15) is 0 Å². The molecule has 0 aliphatic heterocycles. The second-order valence-corrected chi connectivity index (χ2v) is 9.56. The van der Waals surface area contributed by atoms with Gasteiger partial charge >= 0.3 is 0 Å². The third-order valence-electron chi connectivity index (χ3n) is 6.25. The first-order chi connectivity index (χ1) is 15.4. The van der Waals surface area contributed by atoms with E-state index in [4.69, 9.17) is 1.37 Å². The number of thiophene rings is 1. The molecule has 150 valence electrons. The summed E-state index contributed by atoms with van der Waals surface area (Å²) in [5.74, 6) is -0.651. The Morgan fingerprint density at radius 3 is 2.39 bits per heavy atom. The molecule has 0 saturated carbocycles. The lowest BCUT2D eigenvalue weighted by Gasteiger charge is -2.08. The predicted octanol–water partition coefficient (Wildman–Crippen LogP) is 8.85. The molecule has 31 heavy (non-hydrogen) atoms. The van der Waals surface area contributed by atoms with Gasteiger partial charge in [0.05, 0.1) is 5.69 Å². The molecule has 0 saturated heterocycles. The van der Waals surface area contributed by atoms with E-state index in [-0.39, 0.29) is 0 Å². The smallest absolute Gasteiger partial charge is 0.0719 e. The maximum atomic E-state index is 8.43. The molecule has 0 spiro atoms. The fourth-order valence-electron chi connectivity index (χ4n) is 4.61. The van der Waals surface area contributed by atoms with Crippen molar-refractivity contribution >= 4 is 53.1 Å². The molecule has 0 aliphatic carbocycles. The predicted molar refractivity (Wildman–Crippen MR) is 136 cm³/mol. The van der Waals surface area contributed by atoms with Gasteiger partial charge in [-0.3, -0.25) is 4.98 Å². The van der Waals surface area contributed by atoms with Gasteiger partial charge < -0.3 is 0 Å². The number of hydrogen-bond donors (Lipinski definition) is 0. The van der Waals surface area contributed by atoms with E-state index in [1.165, 1.54) is 47.3 Å². The van der Waals surface area contributed by atoms with Crippen molar-refractivity contribution in [3.8, 4) is 11.3 Å². The molecule has 4 aromatic carbocycles. The quantitative estimate of drug-likeness (QED) is 0.256. The summed E-state index contributed by atoms with van der Waals surface area (Å²) in [6.07, 6.45) is 1.83. The Hall–Kier alpha value is -3.23. The van der Waals surface area contributed by atoms with Gasteiger partial charge in [-0.2, -0.15) is 0 Å². The summed E-state index contributed by atoms with van der Waals surface area (Å²) in [6, 6.07) is 26.3. The van der Waals surface area contributed by atoms with Crippen molar-refractivity contribution in [2.24, 2.45) is 0 Å². The molecule has 0 atom stereocenters. The van der Waals surface area contributed by atoms with Crippen LogP contribution in [0.2, 0.25) is 0 Å². The number of pyridine rings is 1. The summed E-state index contributed by atoms with van der Waals surface area (Å²) < 4.78 is 11.0. The van der Waals surface area contributed by atoms with Gasteiger partial charge in [-0.25, -0.2) is 0 Å². The minimum absolute atomic E-state index is 0.651. The van der Waals surface area contributed by atoms with E-state index < -0.39 is 5.89 Å². The third-order valence-corrected chi connectivity index (χ3v) is 7.53. The van der Waals surface area contributed by atoms with E-state index in [0.29, 0.717) is 0 Å². The summed E-state index contributed by atoms with van der Waals surface area (Å²) in [6.45, 7) is 5.99. The minimum Gasteiger partial charge on any atom is -0.256 e. The van der Waals surface area contributed by atoms with E-state index in [9.17, 15) is 0 Å². The lowest BCUT2D eigenvalue weighted by molar-refractivity contribution is 0.864. The fraction of sp³-hybridized carbons (Fsp3) is 0.138. The number of aromatic nitrogens is 1. The van der Waals surface area contributed by atoms with Crippen molar-refractivity contribution in [1.29, 1.82) is 0 Å². The number of aryl methyl sites for hydroxylation is 1. The van der Waals surface area contributed by atoms with Crippen LogP contribution in [0.3, 0.4) is 0 Å². The fourth-order valence-corrected chi connectivity index (χ4v) is 5.96. The molecule has 0 unspecified atom stereocenters. The second-order valence-electron chi connectivity index (χ2n) is 8.54. The molecule has 0 radical (unpaired) electrons. The van der Waals surface area contributed by atoms with E-state index in [2.05, 4.69) is 78.6 Å². The molecule has 6 rings (SSSR count). The molecule has 0 bridgehead atoms. The standard InChI is InChI=1S/C29H23NS/c1-17(2)19-13-14-30-27(16-19)26-6-4-5-23-25-12-11-22-21-9-7-18(3)15-20(21)8-10-24(22)28(25)31-29(23)26/h4-17H,1-3H3/i17D. The number of fused-ring (bicyclic) bond motifs is 7. The maximum Gasteiger partial charge on any atom is 0.0719 e. The highest BCUT2D eigenvalue weighted by Gasteiger charge is 2.14. The zero-order valence-electron chi connectivity index (χ0n) is 18.9. The number of hydrogen-bond acceptors (Lipinski definition) is 2. The normalized spacial score (nSPS) is 12.8. The number of rotatable bonds is 2. The lowest BCUT2D eigenvalue weighted by atomic mass is 9.98. The summed E-state index contributed by atoms with van der Waals surface area (Å²) in [5, 5.41) is 7.77. The van der Waals surface area contributed by atoms with Crippen molar-refractivity contribution in [1.82, 2.24) is 4.98 Å². The summed E-state index contributed by atoms with van der Waals surface area (Å²) in [5.41, 5.74) is 4.34. The Morgan fingerprint density at radius 2 is 1.52 bits per heavy atom. The van der Waals surface area contributed by atoms with Crippen LogP contribution < -0.4 is 0 Å². The Bertz CT molecular complexity index is 1670. The number of nitrogens with zero attached hydrogens (tertiary/aromatic N) is 1. The molecular formula is C29H23NS. The Labute approximate surface area is 187 Å². The highest BCUT2D eigenvalue weighted by Crippen LogP contribution is 2.43. The molecule has 0 fully saturated rings. The molecule has 2 heterocycles. The zero-order valence-corrected chi connectivity index (χ0v) is 18.7. The lowest BCUT2D eigenvalue weighted by Crippen LogP contribution is -1.90. The van der Waals surface area contributed by atoms with Gasteiger partial charge in [-0.05, 0) is 46.7 Å². The summed E-state index contributed by atoms with van der Waals surface area (Å²) in [7, 11) is 0. The van der Waals surface area contributed by atoms with E-state index in [1.807, 2.05) is 37.4 Å². The van der Waals surface area contributed by atoms with Crippen LogP contribution in [0.25, 0.3) is 53.0 Å². The summed E-state index contributed by atoms with van der Waals surface area (Å²) >= 11 is 1.85. The molecule has 2 heteroatoms. The monoisotopic (exact) mass is 418 g/mol. The molecule has 0 amide bonds. The SMILES string of the molecule is [2H]C(C)(C)c1ccnc(-c2cccc3c2sc2c3ccc3c4ccc(C)cc4ccc32)c1. The van der Waals surface area contributed by atoms with E-state index >= 15 is 0 Å². The molecule has 6 aromatic rings. The average Bonchev–Trinajstić information content (AvgIpc) is 3.17. The first-order valence-corrected chi connectivity index (χ1v) is 11.5. The molecule has 0 aliphatic rings. The van der Waals surface area contributed by atoms with Crippen molar-refractivity contribution in [3.05, 3.63) is 90.1 Å². The van der Waals surface area contributed by atoms with Crippen molar-refractivity contribution in [2.45, 2.75) is 26.7 Å². The topological polar surface area (TPSA) is 12.9 Å². The van der Waals surface area contributed by atoms with Crippen LogP contribution in [0.15, 0.2) is 79.0 Å². The average molecular weight is 419 g/mol. The largest absolute Gasteiger partial charge is 0.256 e. The van der Waals surface area contributed by atoms with Gasteiger partial charge in [-0.1, -0.05) is 80.1 Å². The van der Waals surface area contributed by atoms with Crippen molar-refractivity contribution in [2.75, 3.05) is 0 Å². The van der Waals surface area contributed by atoms with Gasteiger partial charge in [0, 0.05) is 38.7 Å². The summed E-state index contributed by atoms with van der Waals surface area (Å²) in [4.78, 5) is 4.68. The van der Waals surface area contributed by atoms with Crippen LogP contribution in [0.5, 0.6) is 0 Å². The van der Waals surface area contributed by atoms with Crippen molar-refractivity contribution < 1.29 is 1.37 Å². The highest BCUT2D eigenvalue weighted by molar-refractivity contribution is 7.27. The van der Waals surface area contributed by atoms with E-state index in [1.54, 1.807) is 0 Å². The number of benzene rings is 4. The van der Waals surface area contributed by atoms with Crippen LogP contribution in [0.1, 0.15) is 32.2 Å². The van der Waals surface area contributed by atoms with Crippen LogP contribution in [0, 0.1) is 6.92 Å². The van der Waals surface area contributed by atoms with Gasteiger partial charge in [-0.15, -0.1) is 11.3 Å². The third kappa shape index (κ3) is 2.86. The Balaban J connectivity index is 1.66. The first kappa shape index (κ1) is 17.5. The highest BCUT2D eigenvalue weighted by atomic mass is 32.1. The molecule has 0 N–H and O–H groups in total. The zero-order chi connectivity index (χ0) is 22.0. The maximum absolute atomic E-state index is 8.43. The van der Waals surface area contributed by atoms with Gasteiger partial charge in [0.25, 0.3) is 0 Å². The molecular weight excluding hydrogens is 394 g/mol.